The molecule has 264 valence electrons. The van der Waals surface area contributed by atoms with Gasteiger partial charge in [-0.3, -0.25) is 38.4 Å². The molecule has 0 bridgehead atoms. The number of nitrogens with one attached hydrogen (secondary N) is 1. The molecule has 47 heavy (non-hydrogen) atoms. The molecule has 1 N–H and O–H groups in total. The molecule has 10 atom stereocenters. The van der Waals surface area contributed by atoms with Gasteiger partial charge in [-0.15, -0.1) is 0 Å². The molecular formula is C28H39NO18. The fourth-order valence-electron chi connectivity index (χ4n) is 4.83. The molecule has 19 nitrogen and oxygen atoms in total. The third-order valence-corrected chi connectivity index (χ3v) is 6.27. The van der Waals surface area contributed by atoms with Crippen LogP contribution in [-0.4, -0.2) is 122 Å². The normalized spacial score (nSPS) is 30.0. The van der Waals surface area contributed by atoms with E-state index in [1.165, 1.54) is 0 Å². The molecule has 0 saturated carbocycles. The maximum Gasteiger partial charge on any atom is 0.303 e. The Balaban J connectivity index is 2.73. The van der Waals surface area contributed by atoms with E-state index in [-0.39, 0.29) is 0 Å². The van der Waals surface area contributed by atoms with Gasteiger partial charge in [0, 0.05) is 55.4 Å². The molecule has 0 radical (unpaired) electrons. The first-order valence-electron chi connectivity index (χ1n) is 14.3. The number of carbonyl (C=O) groups is 8. The lowest BCUT2D eigenvalue weighted by Crippen LogP contribution is -2.68. The monoisotopic (exact) mass is 677 g/mol. The fraction of sp³-hybridized carbons (Fsp3) is 0.714. The summed E-state index contributed by atoms with van der Waals surface area (Å²) in [5, 5.41) is 2.42. The van der Waals surface area contributed by atoms with Gasteiger partial charge in [0.2, 0.25) is 5.91 Å². The predicted octanol–water partition coefficient (Wildman–Crippen LogP) is -1.26. The summed E-state index contributed by atoms with van der Waals surface area (Å²) in [5.41, 5.74) is 0. The van der Waals surface area contributed by atoms with Crippen molar-refractivity contribution in [3.63, 3.8) is 0 Å². The van der Waals surface area contributed by atoms with Gasteiger partial charge in [-0.25, -0.2) is 0 Å². The zero-order chi connectivity index (χ0) is 35.6. The van der Waals surface area contributed by atoms with Crippen LogP contribution in [0.5, 0.6) is 0 Å². The van der Waals surface area contributed by atoms with E-state index in [0.717, 1.165) is 55.4 Å². The molecule has 2 aliphatic rings. The van der Waals surface area contributed by atoms with Gasteiger partial charge >= 0.3 is 41.8 Å². The average molecular weight is 678 g/mol. The quantitative estimate of drug-likeness (QED) is 0.187. The highest BCUT2D eigenvalue weighted by Crippen LogP contribution is 2.35. The van der Waals surface area contributed by atoms with Crippen LogP contribution >= 0.6 is 0 Å². The largest absolute Gasteiger partial charge is 0.463 e. The number of rotatable bonds is 12. The highest BCUT2D eigenvalue weighted by atomic mass is 16.8. The highest BCUT2D eigenvalue weighted by molar-refractivity contribution is 5.73. The third-order valence-electron chi connectivity index (χ3n) is 6.27. The minimum absolute atomic E-state index is 0.577. The van der Waals surface area contributed by atoms with Crippen LogP contribution in [-0.2, 0) is 85.7 Å². The number of esters is 7. The lowest BCUT2D eigenvalue weighted by Gasteiger charge is -2.48. The van der Waals surface area contributed by atoms with Crippen molar-refractivity contribution in [2.75, 3.05) is 13.2 Å². The topological polar surface area (TPSA) is 241 Å². The van der Waals surface area contributed by atoms with Gasteiger partial charge in [-0.1, -0.05) is 0 Å². The summed E-state index contributed by atoms with van der Waals surface area (Å²) in [4.78, 5) is 96.5. The molecule has 19 heteroatoms. The number of hydrogen-bond acceptors (Lipinski definition) is 18. The summed E-state index contributed by atoms with van der Waals surface area (Å²) in [6.45, 7) is 7.30. The maximum absolute atomic E-state index is 12.3. The molecule has 0 aromatic carbocycles. The van der Waals surface area contributed by atoms with E-state index in [1.807, 2.05) is 0 Å². The number of hydrogen-bond donors (Lipinski definition) is 1. The zero-order valence-corrected chi connectivity index (χ0v) is 27.0. The van der Waals surface area contributed by atoms with Gasteiger partial charge in [-0.05, 0) is 0 Å². The van der Waals surface area contributed by atoms with Crippen molar-refractivity contribution in [3.8, 4) is 0 Å². The smallest absolute Gasteiger partial charge is 0.303 e. The molecule has 0 aromatic rings. The van der Waals surface area contributed by atoms with Crippen molar-refractivity contribution in [3.05, 3.63) is 0 Å². The SMILES string of the molecule is CC(=O)N[C@@H]1O[C@H](COC(C)=O)[C@@H](O[C@H]2O[C@H](COC(C)=O)[C@@H](OC(C)=O)[C@H](OC(C)=O)[C@H]2OC(C)=O)[C@H](OC(C)=O)[C@H]1OC(C)=O. The van der Waals surface area contributed by atoms with E-state index in [4.69, 9.17) is 47.4 Å². The van der Waals surface area contributed by atoms with Crippen molar-refractivity contribution < 1.29 is 85.7 Å². The van der Waals surface area contributed by atoms with Gasteiger partial charge in [0.25, 0.3) is 0 Å². The predicted molar refractivity (Wildman–Crippen MR) is 147 cm³/mol. The average Bonchev–Trinajstić information content (AvgIpc) is 2.91. The molecule has 2 aliphatic heterocycles. The Morgan fingerprint density at radius 2 is 0.851 bits per heavy atom. The van der Waals surface area contributed by atoms with Crippen molar-refractivity contribution in [1.82, 2.24) is 5.32 Å². The molecule has 2 rings (SSSR count). The van der Waals surface area contributed by atoms with E-state index in [9.17, 15) is 38.4 Å². The molecule has 0 aromatic heterocycles. The Labute approximate surface area is 269 Å². The van der Waals surface area contributed by atoms with Gasteiger partial charge in [0.15, 0.2) is 43.0 Å². The van der Waals surface area contributed by atoms with Crippen LogP contribution < -0.4 is 5.32 Å². The van der Waals surface area contributed by atoms with Crippen molar-refractivity contribution in [2.24, 2.45) is 0 Å². The molecule has 2 fully saturated rings. The first-order chi connectivity index (χ1) is 21.9. The van der Waals surface area contributed by atoms with Crippen LogP contribution in [0.4, 0.5) is 0 Å². The number of carbonyl (C=O) groups excluding carboxylic acids is 8. The Morgan fingerprint density at radius 3 is 1.28 bits per heavy atom. The summed E-state index contributed by atoms with van der Waals surface area (Å²) < 4.78 is 55.3. The van der Waals surface area contributed by atoms with Crippen LogP contribution in [0.3, 0.4) is 0 Å². The standard InChI is InChI=1S/C28H39NO18/c1-11(30)29-27-25(43-17(7)36)23(41-15(5)34)22(19(45-27)9-38-12(2)31)47-28-26(44-18(8)37)24(42-16(6)35)21(40-14(4)33)20(46-28)10-39-13(3)32/h19-28H,9-10H2,1-8H3,(H,29,30)/t19-,20-,21-,22-,23+,24+,25-,26-,27-,28-/m1/s1. The maximum atomic E-state index is 12.3. The molecule has 0 unspecified atom stereocenters. The zero-order valence-electron chi connectivity index (χ0n) is 27.0. The van der Waals surface area contributed by atoms with E-state index < -0.39 is 122 Å². The highest BCUT2D eigenvalue weighted by Gasteiger charge is 2.57. The van der Waals surface area contributed by atoms with E-state index in [2.05, 4.69) is 5.32 Å². The summed E-state index contributed by atoms with van der Waals surface area (Å²) in [6.07, 6.45) is -15.7. The van der Waals surface area contributed by atoms with Crippen LogP contribution in [0.2, 0.25) is 0 Å². The lowest BCUT2D eigenvalue weighted by molar-refractivity contribution is -0.345. The Bertz CT molecular complexity index is 1200. The molecular weight excluding hydrogens is 638 g/mol. The van der Waals surface area contributed by atoms with Crippen LogP contribution in [0.15, 0.2) is 0 Å². The van der Waals surface area contributed by atoms with Crippen molar-refractivity contribution in [2.45, 2.75) is 117 Å². The molecule has 2 heterocycles. The van der Waals surface area contributed by atoms with Crippen LogP contribution in [0, 0.1) is 0 Å². The van der Waals surface area contributed by atoms with Gasteiger partial charge in [-0.2, -0.15) is 0 Å². The van der Waals surface area contributed by atoms with Crippen molar-refractivity contribution >= 4 is 47.7 Å². The molecule has 2 saturated heterocycles. The van der Waals surface area contributed by atoms with Gasteiger partial charge < -0.3 is 52.7 Å². The van der Waals surface area contributed by atoms with E-state index in [1.54, 1.807) is 0 Å². The molecule has 0 aliphatic carbocycles. The van der Waals surface area contributed by atoms with Gasteiger partial charge in [0.1, 0.15) is 31.5 Å². The lowest BCUT2D eigenvalue weighted by atomic mass is 9.95. The second-order valence-electron chi connectivity index (χ2n) is 10.4. The minimum atomic E-state index is -1.81. The van der Waals surface area contributed by atoms with E-state index in [0.29, 0.717) is 0 Å². The Morgan fingerprint density at radius 1 is 0.468 bits per heavy atom. The summed E-state index contributed by atoms with van der Waals surface area (Å²) in [6, 6.07) is 0. The number of amides is 1. The summed E-state index contributed by atoms with van der Waals surface area (Å²) in [7, 11) is 0. The third kappa shape index (κ3) is 12.1. The fourth-order valence-corrected chi connectivity index (χ4v) is 4.83. The van der Waals surface area contributed by atoms with Crippen LogP contribution in [0.1, 0.15) is 55.4 Å². The Kier molecular flexibility index (Phi) is 14.5. The minimum Gasteiger partial charge on any atom is -0.463 e. The number of ether oxygens (including phenoxy) is 10. The van der Waals surface area contributed by atoms with Gasteiger partial charge in [0.05, 0.1) is 0 Å². The first-order valence-corrected chi connectivity index (χ1v) is 14.3. The van der Waals surface area contributed by atoms with Crippen LogP contribution in [0.25, 0.3) is 0 Å². The first kappa shape index (κ1) is 38.8. The summed E-state index contributed by atoms with van der Waals surface area (Å²) in [5.74, 6) is -6.65. The summed E-state index contributed by atoms with van der Waals surface area (Å²) >= 11 is 0. The second-order valence-corrected chi connectivity index (χ2v) is 10.4. The molecule has 0 spiro atoms. The molecule has 1 amide bonds. The van der Waals surface area contributed by atoms with E-state index >= 15 is 0 Å². The second kappa shape index (κ2) is 17.5. The van der Waals surface area contributed by atoms with Crippen molar-refractivity contribution in [1.29, 1.82) is 0 Å². The Hall–Kier alpha value is -4.36.